The Kier molecular flexibility index (Phi) is 7.15. The van der Waals surface area contributed by atoms with Crippen molar-refractivity contribution in [1.29, 1.82) is 0 Å². The maximum absolute atomic E-state index is 6.10. The van der Waals surface area contributed by atoms with Crippen LogP contribution in [0.3, 0.4) is 0 Å². The summed E-state index contributed by atoms with van der Waals surface area (Å²) in [6.45, 7) is 14.5. The highest BCUT2D eigenvalue weighted by molar-refractivity contribution is 4.95. The fourth-order valence-electron chi connectivity index (χ4n) is 2.98. The Balaban J connectivity index is 2.55. The molecule has 18 heavy (non-hydrogen) atoms. The zero-order valence-corrected chi connectivity index (χ0v) is 12.5. The molecule has 1 aliphatic heterocycles. The minimum Gasteiger partial charge on any atom is -0.380 e. The van der Waals surface area contributed by atoms with E-state index in [0.29, 0.717) is 0 Å². The molecule has 0 aromatic rings. The molecule has 0 spiro atoms. The van der Waals surface area contributed by atoms with Gasteiger partial charge in [-0.05, 0) is 45.9 Å². The Hall–Kier alpha value is -0.160. The van der Waals surface area contributed by atoms with E-state index < -0.39 is 0 Å². The molecule has 2 N–H and O–H groups in total. The lowest BCUT2D eigenvalue weighted by Crippen LogP contribution is -2.60. The summed E-state index contributed by atoms with van der Waals surface area (Å²) in [6.07, 6.45) is 2.38. The van der Waals surface area contributed by atoms with Gasteiger partial charge >= 0.3 is 0 Å². The molecule has 0 aromatic carbocycles. The first-order valence-electron chi connectivity index (χ1n) is 7.47. The molecule has 1 rings (SSSR count). The zero-order chi connectivity index (χ0) is 13.4. The van der Waals surface area contributed by atoms with Crippen molar-refractivity contribution in [3.8, 4) is 0 Å². The minimum absolute atomic E-state index is 0.206. The second kappa shape index (κ2) is 8.10. The third-order valence-electron chi connectivity index (χ3n) is 4.38. The summed E-state index contributed by atoms with van der Waals surface area (Å²) in [6, 6.07) is 0. The summed E-state index contributed by atoms with van der Waals surface area (Å²) in [7, 11) is 0. The number of piperidine rings is 1. The number of hydrogen-bond donors (Lipinski definition) is 1. The SMILES string of the molecule is CCOCCN(CC)C1(CN)CCN(CC)CC1. The van der Waals surface area contributed by atoms with Crippen molar-refractivity contribution in [2.75, 3.05) is 52.5 Å². The first-order chi connectivity index (χ1) is 8.72. The van der Waals surface area contributed by atoms with Gasteiger partial charge in [-0.3, -0.25) is 4.90 Å². The van der Waals surface area contributed by atoms with Crippen LogP contribution in [0.5, 0.6) is 0 Å². The van der Waals surface area contributed by atoms with E-state index in [1.807, 2.05) is 0 Å². The van der Waals surface area contributed by atoms with Crippen LogP contribution in [0.2, 0.25) is 0 Å². The number of rotatable bonds is 8. The average Bonchev–Trinajstić information content (AvgIpc) is 2.44. The lowest BCUT2D eigenvalue weighted by Gasteiger charge is -2.48. The molecular weight excluding hydrogens is 226 g/mol. The monoisotopic (exact) mass is 257 g/mol. The second-order valence-corrected chi connectivity index (χ2v) is 5.14. The third kappa shape index (κ3) is 3.92. The van der Waals surface area contributed by atoms with Crippen molar-refractivity contribution < 1.29 is 4.74 Å². The van der Waals surface area contributed by atoms with Gasteiger partial charge in [0.25, 0.3) is 0 Å². The Labute approximate surface area is 112 Å². The van der Waals surface area contributed by atoms with Gasteiger partial charge in [0.1, 0.15) is 0 Å². The van der Waals surface area contributed by atoms with Gasteiger partial charge in [-0.1, -0.05) is 13.8 Å². The van der Waals surface area contributed by atoms with Gasteiger partial charge in [-0.25, -0.2) is 0 Å². The number of nitrogens with two attached hydrogens (primary N) is 1. The van der Waals surface area contributed by atoms with Crippen LogP contribution in [0.25, 0.3) is 0 Å². The molecule has 1 saturated heterocycles. The number of likely N-dealkylation sites (tertiary alicyclic amines) is 1. The number of ether oxygens (including phenoxy) is 1. The number of hydrogen-bond acceptors (Lipinski definition) is 4. The second-order valence-electron chi connectivity index (χ2n) is 5.14. The number of likely N-dealkylation sites (N-methyl/N-ethyl adjacent to an activating group) is 1. The van der Waals surface area contributed by atoms with Crippen molar-refractivity contribution in [2.45, 2.75) is 39.2 Å². The standard InChI is InChI=1S/C14H31N3O/c1-4-16-9-7-14(13-15,8-10-16)17(5-2)11-12-18-6-3/h4-13,15H2,1-3H3. The van der Waals surface area contributed by atoms with E-state index in [4.69, 9.17) is 10.5 Å². The normalized spacial score (nSPS) is 20.5. The van der Waals surface area contributed by atoms with Gasteiger partial charge in [-0.2, -0.15) is 0 Å². The van der Waals surface area contributed by atoms with Gasteiger partial charge in [0.05, 0.1) is 6.61 Å². The molecule has 0 aliphatic carbocycles. The van der Waals surface area contributed by atoms with Crippen LogP contribution >= 0.6 is 0 Å². The first-order valence-corrected chi connectivity index (χ1v) is 7.47. The topological polar surface area (TPSA) is 41.7 Å². The molecule has 0 bridgehead atoms. The van der Waals surface area contributed by atoms with Crippen molar-refractivity contribution in [2.24, 2.45) is 5.73 Å². The minimum atomic E-state index is 0.206. The predicted octanol–water partition coefficient (Wildman–Crippen LogP) is 1.16. The maximum Gasteiger partial charge on any atom is 0.0593 e. The van der Waals surface area contributed by atoms with Crippen LogP contribution in [-0.4, -0.2) is 67.8 Å². The lowest BCUT2D eigenvalue weighted by atomic mass is 9.85. The fraction of sp³-hybridized carbons (Fsp3) is 1.00. The molecule has 0 aromatic heterocycles. The van der Waals surface area contributed by atoms with Crippen LogP contribution in [0.1, 0.15) is 33.6 Å². The van der Waals surface area contributed by atoms with Crippen LogP contribution in [0, 0.1) is 0 Å². The largest absolute Gasteiger partial charge is 0.380 e. The van der Waals surface area contributed by atoms with Crippen molar-refractivity contribution in [3.63, 3.8) is 0 Å². The summed E-state index contributed by atoms with van der Waals surface area (Å²) in [5, 5.41) is 0. The fourth-order valence-corrected chi connectivity index (χ4v) is 2.98. The number of nitrogens with zero attached hydrogens (tertiary/aromatic N) is 2. The van der Waals surface area contributed by atoms with Gasteiger partial charge in [-0.15, -0.1) is 0 Å². The molecule has 0 radical (unpaired) electrons. The van der Waals surface area contributed by atoms with E-state index >= 15 is 0 Å². The highest BCUT2D eigenvalue weighted by Crippen LogP contribution is 2.27. The molecule has 0 atom stereocenters. The lowest BCUT2D eigenvalue weighted by molar-refractivity contribution is 0.0101. The smallest absolute Gasteiger partial charge is 0.0593 e. The van der Waals surface area contributed by atoms with Gasteiger partial charge in [0.2, 0.25) is 0 Å². The average molecular weight is 257 g/mol. The Morgan fingerprint density at radius 3 is 2.33 bits per heavy atom. The van der Waals surface area contributed by atoms with Crippen LogP contribution < -0.4 is 5.73 Å². The van der Waals surface area contributed by atoms with E-state index in [-0.39, 0.29) is 5.54 Å². The summed E-state index contributed by atoms with van der Waals surface area (Å²) in [5.74, 6) is 0. The van der Waals surface area contributed by atoms with Gasteiger partial charge in [0.15, 0.2) is 0 Å². The predicted molar refractivity (Wildman–Crippen MR) is 76.9 cm³/mol. The Bertz CT molecular complexity index is 215. The van der Waals surface area contributed by atoms with E-state index in [2.05, 4.69) is 30.6 Å². The molecule has 0 unspecified atom stereocenters. The maximum atomic E-state index is 6.10. The summed E-state index contributed by atoms with van der Waals surface area (Å²) < 4.78 is 5.50. The molecular formula is C14H31N3O. The highest BCUT2D eigenvalue weighted by atomic mass is 16.5. The van der Waals surface area contributed by atoms with Gasteiger partial charge < -0.3 is 15.4 Å². The first kappa shape index (κ1) is 15.9. The van der Waals surface area contributed by atoms with E-state index in [9.17, 15) is 0 Å². The molecule has 4 heteroatoms. The Morgan fingerprint density at radius 1 is 1.22 bits per heavy atom. The molecule has 4 nitrogen and oxygen atoms in total. The van der Waals surface area contributed by atoms with Crippen molar-refractivity contribution in [1.82, 2.24) is 9.80 Å². The third-order valence-corrected chi connectivity index (χ3v) is 4.38. The van der Waals surface area contributed by atoms with Crippen LogP contribution in [0.15, 0.2) is 0 Å². The van der Waals surface area contributed by atoms with E-state index in [0.717, 1.165) is 39.4 Å². The summed E-state index contributed by atoms with van der Waals surface area (Å²) in [4.78, 5) is 5.06. The van der Waals surface area contributed by atoms with E-state index in [1.165, 1.54) is 25.9 Å². The Morgan fingerprint density at radius 2 is 1.89 bits per heavy atom. The summed E-state index contributed by atoms with van der Waals surface area (Å²) >= 11 is 0. The van der Waals surface area contributed by atoms with Crippen LogP contribution in [0.4, 0.5) is 0 Å². The zero-order valence-electron chi connectivity index (χ0n) is 12.5. The molecule has 1 fully saturated rings. The van der Waals surface area contributed by atoms with Crippen molar-refractivity contribution >= 4 is 0 Å². The molecule has 0 amide bonds. The quantitative estimate of drug-likeness (QED) is 0.663. The van der Waals surface area contributed by atoms with Gasteiger partial charge in [0, 0.05) is 25.2 Å². The molecule has 108 valence electrons. The molecule has 1 heterocycles. The molecule has 1 aliphatic rings. The van der Waals surface area contributed by atoms with E-state index in [1.54, 1.807) is 0 Å². The highest BCUT2D eigenvalue weighted by Gasteiger charge is 2.37. The van der Waals surface area contributed by atoms with Crippen molar-refractivity contribution in [3.05, 3.63) is 0 Å². The van der Waals surface area contributed by atoms with Crippen LogP contribution in [-0.2, 0) is 4.74 Å². The summed E-state index contributed by atoms with van der Waals surface area (Å²) in [5.41, 5.74) is 6.31. The molecule has 0 saturated carbocycles.